The van der Waals surface area contributed by atoms with Crippen molar-refractivity contribution in [2.75, 3.05) is 0 Å². The van der Waals surface area contributed by atoms with Crippen LogP contribution in [0.15, 0.2) is 22.8 Å². The summed E-state index contributed by atoms with van der Waals surface area (Å²) in [5.74, 6) is -1.20. The molecule has 38 heavy (non-hydrogen) atoms. The second-order valence-corrected chi connectivity index (χ2v) is 13.4. The highest BCUT2D eigenvalue weighted by Crippen LogP contribution is 2.74. The van der Waals surface area contributed by atoms with E-state index in [1.54, 1.807) is 13.0 Å². The zero-order valence-corrected chi connectivity index (χ0v) is 23.8. The average molecular weight is 531 g/mol. The molecule has 212 valence electrons. The van der Waals surface area contributed by atoms with Crippen LogP contribution in [0.25, 0.3) is 0 Å². The molecule has 1 unspecified atom stereocenters. The summed E-state index contributed by atoms with van der Waals surface area (Å²) in [6.45, 7) is 12.0. The number of rotatable bonds is 6. The topological polar surface area (TPSA) is 121 Å². The van der Waals surface area contributed by atoms with Gasteiger partial charge in [0.05, 0.1) is 12.2 Å². The Balaban J connectivity index is 1.81. The molecular weight excluding hydrogens is 484 g/mol. The van der Waals surface area contributed by atoms with Crippen molar-refractivity contribution in [1.82, 2.24) is 0 Å². The minimum absolute atomic E-state index is 0.00808. The highest BCUT2D eigenvalue weighted by Gasteiger charge is 2.70. The minimum atomic E-state index is -1.04. The summed E-state index contributed by atoms with van der Waals surface area (Å²) >= 11 is 0. The van der Waals surface area contributed by atoms with Gasteiger partial charge in [-0.2, -0.15) is 0 Å². The quantitative estimate of drug-likeness (QED) is 0.255. The van der Waals surface area contributed by atoms with E-state index in [2.05, 4.69) is 27.7 Å². The molecule has 4 saturated carbocycles. The second kappa shape index (κ2) is 10.2. The number of carbonyl (C=O) groups is 3. The van der Waals surface area contributed by atoms with Gasteiger partial charge in [0.2, 0.25) is 0 Å². The molecule has 0 saturated heterocycles. The van der Waals surface area contributed by atoms with Crippen molar-refractivity contribution >= 4 is 18.2 Å². The van der Waals surface area contributed by atoms with Crippen molar-refractivity contribution in [2.24, 2.45) is 39.9 Å². The maximum Gasteiger partial charge on any atom is 0.331 e. The van der Waals surface area contributed by atoms with Gasteiger partial charge in [0, 0.05) is 12.5 Å². The molecule has 0 aliphatic heterocycles. The number of aliphatic hydroxyl groups excluding tert-OH is 2. The zero-order chi connectivity index (χ0) is 28.2. The Morgan fingerprint density at radius 3 is 2.34 bits per heavy atom. The number of aliphatic carboxylic acids is 1. The van der Waals surface area contributed by atoms with Crippen LogP contribution in [0.1, 0.15) is 92.9 Å². The standard InChI is InChI=1S/C31H46O7/c1-17(16-32)8-7-9-20(28(36)37)26-22-14-24(35)27-29(4)12-11-23(34)18(2)21(29)10-13-30(27,5)31(22,6)15-25(26)38-19(3)33/h8,16,18,21-25,27,34-35H,7,9-15H2,1-6H3,(H,36,37)/b17-8+,26-20-/t18-,21?,22+,23+,24+,25-,27+,29-,30-,31-/m0/s1. The lowest BCUT2D eigenvalue weighted by Gasteiger charge is -2.69. The van der Waals surface area contributed by atoms with Gasteiger partial charge in [0.15, 0.2) is 0 Å². The predicted octanol–water partition coefficient (Wildman–Crippen LogP) is 4.85. The normalized spacial score (nSPS) is 45.9. The number of carboxylic acids is 1. The van der Waals surface area contributed by atoms with E-state index in [9.17, 15) is 29.7 Å². The molecule has 10 atom stereocenters. The Bertz CT molecular complexity index is 1040. The first kappa shape index (κ1) is 29.0. The van der Waals surface area contributed by atoms with Crippen LogP contribution >= 0.6 is 0 Å². The van der Waals surface area contributed by atoms with Crippen LogP contribution in [0, 0.1) is 39.9 Å². The van der Waals surface area contributed by atoms with Crippen LogP contribution < -0.4 is 0 Å². The molecule has 0 spiro atoms. The van der Waals surface area contributed by atoms with Gasteiger partial charge in [-0.25, -0.2) is 4.79 Å². The fraction of sp³-hybridized carbons (Fsp3) is 0.774. The lowest BCUT2D eigenvalue weighted by molar-refractivity contribution is -0.234. The third-order valence-corrected chi connectivity index (χ3v) is 11.7. The van der Waals surface area contributed by atoms with Crippen LogP contribution in [-0.2, 0) is 19.1 Å². The summed E-state index contributed by atoms with van der Waals surface area (Å²) in [4.78, 5) is 35.9. The first-order valence-electron chi connectivity index (χ1n) is 14.3. The van der Waals surface area contributed by atoms with E-state index >= 15 is 0 Å². The summed E-state index contributed by atoms with van der Waals surface area (Å²) < 4.78 is 5.84. The number of aliphatic hydroxyl groups is 2. The number of allylic oxidation sites excluding steroid dienone is 2. The van der Waals surface area contributed by atoms with Gasteiger partial charge in [-0.15, -0.1) is 0 Å². The van der Waals surface area contributed by atoms with Crippen LogP contribution in [0.3, 0.4) is 0 Å². The molecule has 4 aliphatic carbocycles. The predicted molar refractivity (Wildman–Crippen MR) is 143 cm³/mol. The van der Waals surface area contributed by atoms with Crippen molar-refractivity contribution in [1.29, 1.82) is 0 Å². The number of carboxylic acid groups (broad SMARTS) is 1. The summed E-state index contributed by atoms with van der Waals surface area (Å²) in [6, 6.07) is 0. The second-order valence-electron chi connectivity index (χ2n) is 13.4. The van der Waals surface area contributed by atoms with Crippen molar-refractivity contribution in [2.45, 2.75) is 111 Å². The van der Waals surface area contributed by atoms with Crippen LogP contribution in [-0.4, -0.2) is 51.9 Å². The fourth-order valence-electron chi connectivity index (χ4n) is 9.78. The summed E-state index contributed by atoms with van der Waals surface area (Å²) in [7, 11) is 0. The number of aldehydes is 1. The Hall–Kier alpha value is -1.99. The molecule has 0 bridgehead atoms. The number of fused-ring (bicyclic) bond motifs is 5. The fourth-order valence-corrected chi connectivity index (χ4v) is 9.78. The van der Waals surface area contributed by atoms with Gasteiger partial charge in [0.1, 0.15) is 12.4 Å². The molecule has 0 radical (unpaired) electrons. The molecule has 7 heteroatoms. The van der Waals surface area contributed by atoms with Gasteiger partial charge in [-0.1, -0.05) is 33.8 Å². The Kier molecular flexibility index (Phi) is 7.78. The van der Waals surface area contributed by atoms with Crippen molar-refractivity contribution in [3.05, 3.63) is 22.8 Å². The third-order valence-electron chi connectivity index (χ3n) is 11.7. The van der Waals surface area contributed by atoms with E-state index in [0.717, 1.165) is 32.0 Å². The van der Waals surface area contributed by atoms with Crippen LogP contribution in [0.5, 0.6) is 0 Å². The lowest BCUT2D eigenvalue weighted by Crippen LogP contribution is -2.65. The molecular formula is C31H46O7. The Morgan fingerprint density at radius 1 is 1.05 bits per heavy atom. The molecule has 4 rings (SSSR count). The maximum absolute atomic E-state index is 12.6. The first-order chi connectivity index (χ1) is 17.7. The van der Waals surface area contributed by atoms with E-state index in [4.69, 9.17) is 4.74 Å². The van der Waals surface area contributed by atoms with E-state index in [1.807, 2.05) is 0 Å². The molecule has 7 nitrogen and oxygen atoms in total. The van der Waals surface area contributed by atoms with Gasteiger partial charge in [-0.3, -0.25) is 9.59 Å². The summed E-state index contributed by atoms with van der Waals surface area (Å²) in [6.07, 6.45) is 5.92. The minimum Gasteiger partial charge on any atom is -0.478 e. The van der Waals surface area contributed by atoms with E-state index < -0.39 is 24.1 Å². The summed E-state index contributed by atoms with van der Waals surface area (Å²) in [5, 5.41) is 32.9. The van der Waals surface area contributed by atoms with Crippen molar-refractivity contribution in [3.63, 3.8) is 0 Å². The Labute approximate surface area is 226 Å². The van der Waals surface area contributed by atoms with Crippen molar-refractivity contribution < 1.29 is 34.4 Å². The first-order valence-corrected chi connectivity index (χ1v) is 14.3. The molecule has 0 aromatic heterocycles. The summed E-state index contributed by atoms with van der Waals surface area (Å²) in [5.41, 5.74) is 0.645. The number of hydrogen-bond donors (Lipinski definition) is 3. The Morgan fingerprint density at radius 2 is 1.74 bits per heavy atom. The molecule has 0 amide bonds. The molecule has 4 fully saturated rings. The lowest BCUT2D eigenvalue weighted by atomic mass is 9.36. The van der Waals surface area contributed by atoms with Crippen LogP contribution in [0.2, 0.25) is 0 Å². The van der Waals surface area contributed by atoms with Gasteiger partial charge >= 0.3 is 11.9 Å². The molecule has 0 aromatic rings. The molecule has 4 aliphatic rings. The monoisotopic (exact) mass is 530 g/mol. The number of hydrogen-bond acceptors (Lipinski definition) is 6. The maximum atomic E-state index is 12.6. The molecule has 0 aromatic carbocycles. The zero-order valence-electron chi connectivity index (χ0n) is 23.8. The number of esters is 1. The number of ether oxygens (including phenoxy) is 1. The van der Waals surface area contributed by atoms with Crippen LogP contribution in [0.4, 0.5) is 0 Å². The van der Waals surface area contributed by atoms with E-state index in [-0.39, 0.29) is 52.1 Å². The van der Waals surface area contributed by atoms with Gasteiger partial charge in [0.25, 0.3) is 0 Å². The third kappa shape index (κ3) is 4.38. The van der Waals surface area contributed by atoms with E-state index in [0.29, 0.717) is 36.3 Å². The highest BCUT2D eigenvalue weighted by atomic mass is 16.5. The van der Waals surface area contributed by atoms with Gasteiger partial charge < -0.3 is 20.1 Å². The molecule has 3 N–H and O–H groups in total. The molecule has 0 heterocycles. The number of carbonyl (C=O) groups excluding carboxylic acids is 2. The SMILES string of the molecule is CC(=O)O[C@H]1C[C@@]2(C)[C@H](C[C@@H](O)[C@@H]3[C@@]4(C)CC[C@@H](O)[C@@H](C)C4CC[C@@]32C)/C1=C(\CC/C=C(\C)C=O)C(=O)O. The smallest absolute Gasteiger partial charge is 0.331 e. The largest absolute Gasteiger partial charge is 0.478 e. The highest BCUT2D eigenvalue weighted by molar-refractivity contribution is 5.88. The average Bonchev–Trinajstić information content (AvgIpc) is 3.10. The van der Waals surface area contributed by atoms with Gasteiger partial charge in [-0.05, 0) is 109 Å². The van der Waals surface area contributed by atoms with Crippen molar-refractivity contribution in [3.8, 4) is 0 Å². The van der Waals surface area contributed by atoms with E-state index in [1.165, 1.54) is 6.92 Å².